The summed E-state index contributed by atoms with van der Waals surface area (Å²) in [4.78, 5) is 16.7. The number of nitrogens with zero attached hydrogens (tertiary/aromatic N) is 2. The fraction of sp³-hybridized carbons (Fsp3) is 0.588. The Morgan fingerprint density at radius 2 is 2.13 bits per heavy atom. The third kappa shape index (κ3) is 3.58. The van der Waals surface area contributed by atoms with Gasteiger partial charge >= 0.3 is 0 Å². The van der Waals surface area contributed by atoms with Gasteiger partial charge in [-0.25, -0.2) is 8.42 Å². The Kier molecular flexibility index (Phi) is 4.73. The lowest BCUT2D eigenvalue weighted by Crippen LogP contribution is -2.46. The Bertz CT molecular complexity index is 687. The molecule has 1 aromatic rings. The molecular weight excluding hydrogens is 312 g/mol. The molecule has 3 rings (SSSR count). The first-order chi connectivity index (χ1) is 11.0. The maximum atomic E-state index is 12.8. The number of carbonyl (C=O) groups is 1. The van der Waals surface area contributed by atoms with Crippen LogP contribution in [0.3, 0.4) is 0 Å². The number of likely N-dealkylation sites (N-methyl/N-ethyl adjacent to an activating group) is 1. The van der Waals surface area contributed by atoms with E-state index in [9.17, 15) is 13.2 Å². The molecule has 0 spiro atoms. The lowest BCUT2D eigenvalue weighted by atomic mass is 10.0. The average molecular weight is 336 g/mol. The summed E-state index contributed by atoms with van der Waals surface area (Å²) < 4.78 is 23.4. The topological polar surface area (TPSA) is 57.7 Å². The molecule has 0 aromatic heterocycles. The summed E-state index contributed by atoms with van der Waals surface area (Å²) >= 11 is 0. The normalized spacial score (nSPS) is 23.0. The summed E-state index contributed by atoms with van der Waals surface area (Å²) in [6, 6.07) is 8.03. The van der Waals surface area contributed by atoms with Gasteiger partial charge in [-0.2, -0.15) is 0 Å². The minimum Gasteiger partial charge on any atom is -0.311 e. The van der Waals surface area contributed by atoms with E-state index >= 15 is 0 Å². The van der Waals surface area contributed by atoms with Crippen LogP contribution in [0.25, 0.3) is 0 Å². The minimum atomic E-state index is -2.93. The van der Waals surface area contributed by atoms with Crippen LogP contribution in [0.2, 0.25) is 0 Å². The van der Waals surface area contributed by atoms with E-state index in [0.717, 1.165) is 25.1 Å². The molecule has 0 saturated carbocycles. The van der Waals surface area contributed by atoms with Gasteiger partial charge in [-0.1, -0.05) is 25.1 Å². The fourth-order valence-corrected chi connectivity index (χ4v) is 5.38. The van der Waals surface area contributed by atoms with Gasteiger partial charge < -0.3 is 4.90 Å². The molecule has 0 radical (unpaired) electrons. The lowest BCUT2D eigenvalue weighted by Gasteiger charge is -2.33. The van der Waals surface area contributed by atoms with E-state index in [1.807, 2.05) is 34.9 Å². The fourth-order valence-electron chi connectivity index (χ4n) is 3.61. The number of hydrogen-bond acceptors (Lipinski definition) is 4. The molecule has 2 heterocycles. The largest absolute Gasteiger partial charge is 0.311 e. The second-order valence-corrected chi connectivity index (χ2v) is 8.63. The van der Waals surface area contributed by atoms with Crippen LogP contribution < -0.4 is 4.90 Å². The molecule has 1 fully saturated rings. The van der Waals surface area contributed by atoms with E-state index in [1.54, 1.807) is 0 Å². The number of amides is 1. The van der Waals surface area contributed by atoms with Gasteiger partial charge in [0.2, 0.25) is 5.91 Å². The molecule has 5 nitrogen and oxygen atoms in total. The van der Waals surface area contributed by atoms with E-state index < -0.39 is 9.84 Å². The van der Waals surface area contributed by atoms with E-state index in [2.05, 4.69) is 6.07 Å². The summed E-state index contributed by atoms with van der Waals surface area (Å²) in [6.07, 6.45) is 2.63. The number of para-hydroxylation sites is 1. The molecule has 1 amide bonds. The highest BCUT2D eigenvalue weighted by atomic mass is 32.2. The van der Waals surface area contributed by atoms with Gasteiger partial charge in [-0.3, -0.25) is 9.69 Å². The number of aryl methyl sites for hydroxylation is 1. The van der Waals surface area contributed by atoms with Crippen molar-refractivity contribution in [2.45, 2.75) is 32.2 Å². The molecule has 0 bridgehead atoms. The number of rotatable bonds is 4. The summed E-state index contributed by atoms with van der Waals surface area (Å²) in [6.45, 7) is 3.73. The molecule has 1 atom stereocenters. The first-order valence-corrected chi connectivity index (χ1v) is 10.1. The van der Waals surface area contributed by atoms with Crippen molar-refractivity contribution in [1.82, 2.24) is 4.90 Å². The minimum absolute atomic E-state index is 0.0195. The van der Waals surface area contributed by atoms with Gasteiger partial charge in [0.05, 0.1) is 18.1 Å². The summed E-state index contributed by atoms with van der Waals surface area (Å²) in [7, 11) is -2.93. The second-order valence-electron chi connectivity index (χ2n) is 6.40. The Morgan fingerprint density at radius 1 is 1.35 bits per heavy atom. The lowest BCUT2D eigenvalue weighted by molar-refractivity contribution is -0.120. The number of anilines is 1. The first kappa shape index (κ1) is 16.5. The zero-order valence-corrected chi connectivity index (χ0v) is 14.4. The molecule has 1 unspecified atom stereocenters. The summed E-state index contributed by atoms with van der Waals surface area (Å²) in [5.74, 6) is 0.503. The van der Waals surface area contributed by atoms with Crippen LogP contribution >= 0.6 is 0 Å². The van der Waals surface area contributed by atoms with Crippen molar-refractivity contribution in [3.05, 3.63) is 29.8 Å². The maximum Gasteiger partial charge on any atom is 0.241 e. The van der Waals surface area contributed by atoms with Gasteiger partial charge in [-0.15, -0.1) is 0 Å². The number of carbonyl (C=O) groups excluding carboxylic acids is 1. The predicted molar refractivity (Wildman–Crippen MR) is 91.4 cm³/mol. The Labute approximate surface area is 138 Å². The van der Waals surface area contributed by atoms with Crippen LogP contribution in [-0.2, 0) is 21.1 Å². The van der Waals surface area contributed by atoms with Gasteiger partial charge in [0, 0.05) is 18.3 Å². The Morgan fingerprint density at radius 3 is 2.83 bits per heavy atom. The molecule has 2 aliphatic heterocycles. The van der Waals surface area contributed by atoms with Gasteiger partial charge in [-0.05, 0) is 37.4 Å². The molecule has 6 heteroatoms. The Balaban J connectivity index is 1.71. The molecule has 0 aliphatic carbocycles. The van der Waals surface area contributed by atoms with Crippen LogP contribution in [0.1, 0.15) is 25.3 Å². The number of benzene rings is 1. The molecule has 1 aromatic carbocycles. The van der Waals surface area contributed by atoms with E-state index in [-0.39, 0.29) is 23.5 Å². The molecule has 1 saturated heterocycles. The van der Waals surface area contributed by atoms with Gasteiger partial charge in [0.1, 0.15) is 0 Å². The number of hydrogen-bond donors (Lipinski definition) is 0. The average Bonchev–Trinajstić information content (AvgIpc) is 2.91. The van der Waals surface area contributed by atoms with Crippen molar-refractivity contribution in [2.75, 3.05) is 36.0 Å². The van der Waals surface area contributed by atoms with Crippen LogP contribution in [0, 0.1) is 0 Å². The standard InChI is InChI=1S/C17H24N2O3S/c1-2-18(15-9-11-23(21,22)13-15)12-17(20)19-10-5-7-14-6-3-4-8-16(14)19/h3-4,6,8,15H,2,5,7,9-13H2,1H3. The third-order valence-corrected chi connectivity index (χ3v) is 6.63. The van der Waals surface area contributed by atoms with Crippen LogP contribution in [0.4, 0.5) is 5.69 Å². The maximum absolute atomic E-state index is 12.8. The smallest absolute Gasteiger partial charge is 0.241 e. The number of fused-ring (bicyclic) bond motifs is 1. The molecule has 0 N–H and O–H groups in total. The molecule has 23 heavy (non-hydrogen) atoms. The van der Waals surface area contributed by atoms with E-state index in [4.69, 9.17) is 0 Å². The zero-order chi connectivity index (χ0) is 16.4. The summed E-state index contributed by atoms with van der Waals surface area (Å²) in [5, 5.41) is 0. The van der Waals surface area contributed by atoms with Crippen LogP contribution in [-0.4, -0.2) is 56.4 Å². The first-order valence-electron chi connectivity index (χ1n) is 8.33. The Hall–Kier alpha value is -1.40. The van der Waals surface area contributed by atoms with Crippen molar-refractivity contribution < 1.29 is 13.2 Å². The predicted octanol–water partition coefficient (Wildman–Crippen LogP) is 1.47. The van der Waals surface area contributed by atoms with Crippen LogP contribution in [0.15, 0.2) is 24.3 Å². The quantitative estimate of drug-likeness (QED) is 0.836. The number of sulfone groups is 1. The SMILES string of the molecule is CCN(CC(=O)N1CCCc2ccccc21)C1CCS(=O)(=O)C1. The van der Waals surface area contributed by atoms with Crippen molar-refractivity contribution in [2.24, 2.45) is 0 Å². The molecule has 126 valence electrons. The molecule has 2 aliphatic rings. The van der Waals surface area contributed by atoms with E-state index in [1.165, 1.54) is 5.56 Å². The van der Waals surface area contributed by atoms with Gasteiger partial charge in [0.15, 0.2) is 9.84 Å². The molecular formula is C17H24N2O3S. The third-order valence-electron chi connectivity index (χ3n) is 4.88. The highest BCUT2D eigenvalue weighted by Gasteiger charge is 2.33. The monoisotopic (exact) mass is 336 g/mol. The van der Waals surface area contributed by atoms with Crippen molar-refractivity contribution in [3.8, 4) is 0 Å². The van der Waals surface area contributed by atoms with E-state index in [0.29, 0.717) is 19.5 Å². The highest BCUT2D eigenvalue weighted by Crippen LogP contribution is 2.27. The van der Waals surface area contributed by atoms with Crippen molar-refractivity contribution in [3.63, 3.8) is 0 Å². The second kappa shape index (κ2) is 6.61. The summed E-state index contributed by atoms with van der Waals surface area (Å²) in [5.41, 5.74) is 2.23. The van der Waals surface area contributed by atoms with Crippen molar-refractivity contribution in [1.29, 1.82) is 0 Å². The van der Waals surface area contributed by atoms with Crippen molar-refractivity contribution >= 4 is 21.4 Å². The van der Waals surface area contributed by atoms with Crippen LogP contribution in [0.5, 0.6) is 0 Å². The highest BCUT2D eigenvalue weighted by molar-refractivity contribution is 7.91. The van der Waals surface area contributed by atoms with Gasteiger partial charge in [0.25, 0.3) is 0 Å². The zero-order valence-electron chi connectivity index (χ0n) is 13.6.